The summed E-state index contributed by atoms with van der Waals surface area (Å²) in [6.45, 7) is 5.06. The minimum Gasteiger partial charge on any atom is -0.494 e. The highest BCUT2D eigenvalue weighted by atomic mass is 19.1. The summed E-state index contributed by atoms with van der Waals surface area (Å²) in [5.74, 6) is -0.159. The molecule has 0 unspecified atom stereocenters. The van der Waals surface area contributed by atoms with Gasteiger partial charge in [-0.05, 0) is 38.4 Å². The zero-order chi connectivity index (χ0) is 26.5. The topological polar surface area (TPSA) is 113 Å². The van der Waals surface area contributed by atoms with Gasteiger partial charge >= 0.3 is 0 Å². The highest BCUT2D eigenvalue weighted by molar-refractivity contribution is 6.02. The second-order valence-electron chi connectivity index (χ2n) is 8.44. The van der Waals surface area contributed by atoms with Gasteiger partial charge in [-0.3, -0.25) is 4.79 Å². The monoisotopic (exact) mass is 505 g/mol. The van der Waals surface area contributed by atoms with Gasteiger partial charge in [0.25, 0.3) is 5.95 Å². The second-order valence-corrected chi connectivity index (χ2v) is 8.44. The third-order valence-corrected chi connectivity index (χ3v) is 5.59. The number of halogens is 1. The predicted octanol–water partition coefficient (Wildman–Crippen LogP) is 3.22. The smallest absolute Gasteiger partial charge is 0.256 e. The Kier molecular flexibility index (Phi) is 7.58. The number of amides is 1. The summed E-state index contributed by atoms with van der Waals surface area (Å²) in [6, 6.07) is 10.4. The fourth-order valence-corrected chi connectivity index (χ4v) is 3.66. The van der Waals surface area contributed by atoms with E-state index < -0.39 is 5.95 Å². The van der Waals surface area contributed by atoms with Crippen LogP contribution in [-0.2, 0) is 4.79 Å². The number of aromatic nitrogens is 5. The molecule has 2 aromatic heterocycles. The van der Waals surface area contributed by atoms with Gasteiger partial charge < -0.3 is 25.2 Å². The number of hydrogen-bond acceptors (Lipinski definition) is 9. The van der Waals surface area contributed by atoms with E-state index in [1.54, 1.807) is 37.4 Å². The Bertz CT molecular complexity index is 1440. The van der Waals surface area contributed by atoms with Crippen LogP contribution >= 0.6 is 0 Å². The largest absolute Gasteiger partial charge is 0.494 e. The second kappa shape index (κ2) is 11.0. The Labute approximate surface area is 213 Å². The Morgan fingerprint density at radius 2 is 1.95 bits per heavy atom. The first-order valence-corrected chi connectivity index (χ1v) is 11.4. The fraction of sp³-hybridized carbons (Fsp3) is 0.240. The van der Waals surface area contributed by atoms with Crippen molar-refractivity contribution in [2.45, 2.75) is 0 Å². The molecule has 2 heterocycles. The first kappa shape index (κ1) is 25.5. The van der Waals surface area contributed by atoms with E-state index in [-0.39, 0.29) is 17.8 Å². The normalized spacial score (nSPS) is 11.0. The van der Waals surface area contributed by atoms with Gasteiger partial charge in [-0.2, -0.15) is 19.0 Å². The lowest BCUT2D eigenvalue weighted by Gasteiger charge is -2.25. The lowest BCUT2D eigenvalue weighted by atomic mass is 10.2. The third-order valence-electron chi connectivity index (χ3n) is 5.59. The van der Waals surface area contributed by atoms with E-state index in [0.29, 0.717) is 34.6 Å². The van der Waals surface area contributed by atoms with Crippen LogP contribution in [0.4, 0.5) is 27.4 Å². The van der Waals surface area contributed by atoms with Gasteiger partial charge in [0.15, 0.2) is 0 Å². The van der Waals surface area contributed by atoms with Gasteiger partial charge in [0, 0.05) is 26.2 Å². The van der Waals surface area contributed by atoms with E-state index in [1.165, 1.54) is 17.1 Å². The molecule has 0 atom stereocenters. The van der Waals surface area contributed by atoms with Crippen molar-refractivity contribution >= 4 is 39.8 Å². The lowest BCUT2D eigenvalue weighted by molar-refractivity contribution is -0.111. The quantitative estimate of drug-likeness (QED) is 0.314. The van der Waals surface area contributed by atoms with Crippen molar-refractivity contribution < 1.29 is 13.9 Å². The van der Waals surface area contributed by atoms with E-state index in [0.717, 1.165) is 12.2 Å². The molecule has 2 aromatic carbocycles. The highest BCUT2D eigenvalue weighted by Crippen LogP contribution is 2.38. The lowest BCUT2D eigenvalue weighted by Crippen LogP contribution is -2.29. The van der Waals surface area contributed by atoms with Crippen LogP contribution in [0.25, 0.3) is 16.9 Å². The number of anilines is 4. The predicted molar refractivity (Wildman–Crippen MR) is 141 cm³/mol. The molecule has 0 spiro atoms. The fourth-order valence-electron chi connectivity index (χ4n) is 3.66. The van der Waals surface area contributed by atoms with Crippen molar-refractivity contribution in [3.05, 3.63) is 61.3 Å². The maximum absolute atomic E-state index is 14.3. The molecule has 0 aliphatic heterocycles. The molecule has 4 rings (SSSR count). The number of nitrogens with zero attached hydrogens (tertiary/aromatic N) is 7. The SMILES string of the molecule is C=CC(=O)Nc1cc(Nc2ncnc(-n3nc(F)c4ccccc43)n2)c(OC)cc1N(C)CCN(C)C. The van der Waals surface area contributed by atoms with Gasteiger partial charge in [-0.25, -0.2) is 4.98 Å². The first-order chi connectivity index (χ1) is 17.8. The molecule has 0 saturated carbocycles. The minimum absolute atomic E-state index is 0.136. The number of rotatable bonds is 10. The molecule has 0 fully saturated rings. The summed E-state index contributed by atoms with van der Waals surface area (Å²) in [4.78, 5) is 29.0. The molecular weight excluding hydrogens is 477 g/mol. The maximum Gasteiger partial charge on any atom is 0.256 e. The van der Waals surface area contributed by atoms with Crippen LogP contribution in [0.15, 0.2) is 55.4 Å². The van der Waals surface area contributed by atoms with Gasteiger partial charge in [0.2, 0.25) is 17.8 Å². The van der Waals surface area contributed by atoms with Crippen LogP contribution in [-0.4, -0.2) is 76.9 Å². The van der Waals surface area contributed by atoms with Crippen LogP contribution in [0, 0.1) is 5.95 Å². The average Bonchev–Trinajstić information content (AvgIpc) is 3.24. The number of nitrogens with one attached hydrogen (secondary N) is 2. The van der Waals surface area contributed by atoms with Crippen molar-refractivity contribution in [2.75, 3.05) is 56.9 Å². The maximum atomic E-state index is 14.3. The van der Waals surface area contributed by atoms with E-state index in [9.17, 15) is 9.18 Å². The summed E-state index contributed by atoms with van der Waals surface area (Å²) < 4.78 is 21.3. The summed E-state index contributed by atoms with van der Waals surface area (Å²) in [5, 5.41) is 10.3. The molecule has 12 heteroatoms. The Balaban J connectivity index is 1.71. The van der Waals surface area contributed by atoms with E-state index >= 15 is 0 Å². The van der Waals surface area contributed by atoms with Crippen molar-refractivity contribution in [1.82, 2.24) is 29.6 Å². The Morgan fingerprint density at radius 3 is 2.68 bits per heavy atom. The van der Waals surface area contributed by atoms with E-state index in [2.05, 4.69) is 42.2 Å². The highest BCUT2D eigenvalue weighted by Gasteiger charge is 2.18. The van der Waals surface area contributed by atoms with Crippen molar-refractivity contribution in [2.24, 2.45) is 0 Å². The van der Waals surface area contributed by atoms with Crippen LogP contribution in [0.5, 0.6) is 5.75 Å². The number of carbonyl (C=O) groups is 1. The van der Waals surface area contributed by atoms with Gasteiger partial charge in [0.05, 0.1) is 35.1 Å². The standard InChI is InChI=1S/C25H28FN9O2/c1-6-22(36)29-17-13-18(21(37-5)14-20(17)34(4)12-11-33(2)3)30-24-27-15-28-25(31-24)35-19-10-8-7-9-16(19)23(26)32-35/h6-10,13-15H,1,11-12H2,2-5H3,(H,29,36)(H,27,28,30,31). The molecule has 2 N–H and O–H groups in total. The molecule has 0 aliphatic rings. The summed E-state index contributed by atoms with van der Waals surface area (Å²) in [5.41, 5.74) is 2.33. The molecule has 11 nitrogen and oxygen atoms in total. The van der Waals surface area contributed by atoms with Crippen LogP contribution in [0.2, 0.25) is 0 Å². The Morgan fingerprint density at radius 1 is 1.16 bits per heavy atom. The van der Waals surface area contributed by atoms with Crippen LogP contribution < -0.4 is 20.3 Å². The average molecular weight is 506 g/mol. The number of likely N-dealkylation sites (N-methyl/N-ethyl adjacent to an activating group) is 2. The van der Waals surface area contributed by atoms with Gasteiger partial charge in [0.1, 0.15) is 12.1 Å². The molecule has 0 aliphatic carbocycles. The zero-order valence-electron chi connectivity index (χ0n) is 21.1. The molecule has 0 radical (unpaired) electrons. The molecule has 0 bridgehead atoms. The third kappa shape index (κ3) is 5.64. The number of benzene rings is 2. The van der Waals surface area contributed by atoms with Crippen LogP contribution in [0.1, 0.15) is 0 Å². The summed E-state index contributed by atoms with van der Waals surface area (Å²) in [7, 11) is 7.46. The molecule has 1 amide bonds. The summed E-state index contributed by atoms with van der Waals surface area (Å²) >= 11 is 0. The van der Waals surface area contributed by atoms with Gasteiger partial charge in [-0.15, -0.1) is 5.10 Å². The number of methoxy groups -OCH3 is 1. The zero-order valence-corrected chi connectivity index (χ0v) is 21.1. The number of para-hydroxylation sites is 1. The first-order valence-electron chi connectivity index (χ1n) is 11.4. The van der Waals surface area contributed by atoms with Crippen LogP contribution in [0.3, 0.4) is 0 Å². The van der Waals surface area contributed by atoms with Crippen molar-refractivity contribution in [3.8, 4) is 11.7 Å². The summed E-state index contributed by atoms with van der Waals surface area (Å²) in [6.07, 6.45) is 2.50. The number of ether oxygens (including phenoxy) is 1. The minimum atomic E-state index is -0.622. The number of hydrogen-bond donors (Lipinski definition) is 2. The molecule has 37 heavy (non-hydrogen) atoms. The Hall–Kier alpha value is -4.58. The van der Waals surface area contributed by atoms with Crippen molar-refractivity contribution in [1.29, 1.82) is 0 Å². The molecule has 0 saturated heterocycles. The number of fused-ring (bicyclic) bond motifs is 1. The van der Waals surface area contributed by atoms with Gasteiger partial charge in [-0.1, -0.05) is 18.7 Å². The van der Waals surface area contributed by atoms with Crippen molar-refractivity contribution in [3.63, 3.8) is 0 Å². The van der Waals surface area contributed by atoms with E-state index in [1.807, 2.05) is 32.1 Å². The van der Waals surface area contributed by atoms with E-state index in [4.69, 9.17) is 4.74 Å². The molecule has 192 valence electrons. The molecule has 4 aromatic rings. The number of carbonyl (C=O) groups excluding carboxylic acids is 1. The molecular formula is C25H28FN9O2.